The first-order valence-electron chi connectivity index (χ1n) is 8.54. The maximum absolute atomic E-state index is 12.5. The molecule has 0 aliphatic carbocycles. The molecule has 3 rings (SSSR count). The number of anilines is 2. The van der Waals surface area contributed by atoms with Gasteiger partial charge in [-0.25, -0.2) is 8.42 Å². The van der Waals surface area contributed by atoms with Gasteiger partial charge in [0.15, 0.2) is 5.78 Å². The van der Waals surface area contributed by atoms with Gasteiger partial charge in [0.05, 0.1) is 17.1 Å². The number of pyridine rings is 1. The van der Waals surface area contributed by atoms with Crippen molar-refractivity contribution >= 4 is 27.2 Å². The second-order valence-electron chi connectivity index (χ2n) is 5.98. The third-order valence-electron chi connectivity index (χ3n) is 3.81. The van der Waals surface area contributed by atoms with E-state index >= 15 is 0 Å². The Morgan fingerprint density at radius 2 is 1.64 bits per heavy atom. The van der Waals surface area contributed by atoms with Crippen LogP contribution < -0.4 is 10.0 Å². The van der Waals surface area contributed by atoms with Crippen molar-refractivity contribution in [1.82, 2.24) is 4.98 Å². The highest BCUT2D eigenvalue weighted by Crippen LogP contribution is 2.23. The van der Waals surface area contributed by atoms with Gasteiger partial charge in [-0.15, -0.1) is 0 Å². The number of para-hydroxylation sites is 2. The van der Waals surface area contributed by atoms with Crippen molar-refractivity contribution in [1.29, 1.82) is 0 Å². The molecule has 0 saturated heterocycles. The van der Waals surface area contributed by atoms with Crippen LogP contribution in [0, 0.1) is 0 Å². The summed E-state index contributed by atoms with van der Waals surface area (Å²) < 4.78 is 27.5. The van der Waals surface area contributed by atoms with E-state index in [1.165, 1.54) is 18.5 Å². The van der Waals surface area contributed by atoms with Crippen molar-refractivity contribution in [2.75, 3.05) is 10.0 Å². The van der Waals surface area contributed by atoms with Crippen molar-refractivity contribution in [3.63, 3.8) is 0 Å². The Bertz CT molecular complexity index is 1070. The zero-order valence-electron chi connectivity index (χ0n) is 14.9. The second-order valence-corrected chi connectivity index (χ2v) is 7.70. The molecule has 0 spiro atoms. The summed E-state index contributed by atoms with van der Waals surface area (Å²) >= 11 is 0. The van der Waals surface area contributed by atoms with E-state index in [1.807, 2.05) is 6.07 Å². The zero-order chi connectivity index (χ0) is 19.8. The van der Waals surface area contributed by atoms with Gasteiger partial charge >= 0.3 is 0 Å². The first-order valence-corrected chi connectivity index (χ1v) is 10.2. The third-order valence-corrected chi connectivity index (χ3v) is 5.06. The van der Waals surface area contributed by atoms with Gasteiger partial charge in [0.25, 0.3) is 0 Å². The van der Waals surface area contributed by atoms with E-state index < -0.39 is 10.0 Å². The summed E-state index contributed by atoms with van der Waals surface area (Å²) in [6.45, 7) is 0. The van der Waals surface area contributed by atoms with Gasteiger partial charge in [0, 0.05) is 30.2 Å². The highest BCUT2D eigenvalue weighted by atomic mass is 32.2. The van der Waals surface area contributed by atoms with Gasteiger partial charge < -0.3 is 5.32 Å². The lowest BCUT2D eigenvalue weighted by Gasteiger charge is -2.12. The molecule has 0 radical (unpaired) electrons. The molecular formula is C21H19N3O3S. The van der Waals surface area contributed by atoms with Gasteiger partial charge in [0.1, 0.15) is 0 Å². The number of nitrogens with one attached hydrogen (secondary N) is 2. The summed E-state index contributed by atoms with van der Waals surface area (Å²) in [6, 6.07) is 19.2. The summed E-state index contributed by atoms with van der Waals surface area (Å²) in [6.07, 6.45) is 5.92. The molecule has 0 fully saturated rings. The highest BCUT2D eigenvalue weighted by Gasteiger charge is 2.13. The van der Waals surface area contributed by atoms with Crippen LogP contribution in [-0.4, -0.2) is 19.2 Å². The Kier molecular flexibility index (Phi) is 6.18. The van der Waals surface area contributed by atoms with Crippen LogP contribution in [0.1, 0.15) is 15.9 Å². The molecule has 0 saturated carbocycles. The summed E-state index contributed by atoms with van der Waals surface area (Å²) in [5, 5.41) is 2.95. The van der Waals surface area contributed by atoms with Crippen LogP contribution in [0.5, 0.6) is 0 Å². The molecule has 0 aliphatic rings. The predicted molar refractivity (Wildman–Crippen MR) is 110 cm³/mol. The summed E-state index contributed by atoms with van der Waals surface area (Å²) in [5.74, 6) is -0.333. The first kappa shape index (κ1) is 19.3. The lowest BCUT2D eigenvalue weighted by Crippen LogP contribution is -2.15. The average Bonchev–Trinajstić information content (AvgIpc) is 2.70. The quantitative estimate of drug-likeness (QED) is 0.448. The minimum atomic E-state index is -3.58. The predicted octanol–water partition coefficient (Wildman–Crippen LogP) is 3.83. The molecule has 142 valence electrons. The zero-order valence-corrected chi connectivity index (χ0v) is 15.8. The topological polar surface area (TPSA) is 88.2 Å². The van der Waals surface area contributed by atoms with Gasteiger partial charge in [-0.2, -0.15) is 0 Å². The SMILES string of the molecule is O=C(/C=C/Nc1ccccc1NS(=O)(=O)Cc1ccccc1)c1cccnc1. The van der Waals surface area contributed by atoms with E-state index in [0.29, 0.717) is 22.5 Å². The smallest absolute Gasteiger partial charge is 0.236 e. The van der Waals surface area contributed by atoms with Crippen molar-refractivity contribution < 1.29 is 13.2 Å². The Hall–Kier alpha value is -3.45. The molecule has 0 unspecified atom stereocenters. The van der Waals surface area contributed by atoms with E-state index in [4.69, 9.17) is 0 Å². The summed E-state index contributed by atoms with van der Waals surface area (Å²) in [5.41, 5.74) is 2.10. The molecule has 6 nitrogen and oxygen atoms in total. The standard InChI is InChI=1S/C21H19N3O3S/c25-21(18-9-6-13-22-15-18)12-14-23-19-10-4-5-11-20(19)24-28(26,27)16-17-7-2-1-3-8-17/h1-15,23-24H,16H2/b14-12+. The van der Waals surface area contributed by atoms with Crippen molar-refractivity contribution in [3.8, 4) is 0 Å². The largest absolute Gasteiger partial charge is 0.360 e. The molecule has 2 aromatic carbocycles. The number of carbonyl (C=O) groups excluding carboxylic acids is 1. The van der Waals surface area contributed by atoms with E-state index in [0.717, 1.165) is 0 Å². The van der Waals surface area contributed by atoms with E-state index in [1.54, 1.807) is 66.9 Å². The van der Waals surface area contributed by atoms with Crippen LogP contribution in [0.15, 0.2) is 91.4 Å². The lowest BCUT2D eigenvalue weighted by atomic mass is 10.2. The number of sulfonamides is 1. The molecule has 0 atom stereocenters. The van der Waals surface area contributed by atoms with Gasteiger partial charge in [-0.1, -0.05) is 42.5 Å². The minimum Gasteiger partial charge on any atom is -0.360 e. The van der Waals surface area contributed by atoms with Crippen LogP contribution in [0.4, 0.5) is 11.4 Å². The van der Waals surface area contributed by atoms with Crippen LogP contribution in [0.2, 0.25) is 0 Å². The van der Waals surface area contributed by atoms with Crippen molar-refractivity contribution in [3.05, 3.63) is 103 Å². The van der Waals surface area contributed by atoms with Gasteiger partial charge in [-0.3, -0.25) is 14.5 Å². The van der Waals surface area contributed by atoms with Crippen LogP contribution in [0.3, 0.4) is 0 Å². The fraction of sp³-hybridized carbons (Fsp3) is 0.0476. The Morgan fingerprint density at radius 1 is 0.929 bits per heavy atom. The van der Waals surface area contributed by atoms with E-state index in [2.05, 4.69) is 15.0 Å². The molecule has 0 amide bonds. The monoisotopic (exact) mass is 393 g/mol. The van der Waals surface area contributed by atoms with Crippen LogP contribution in [0.25, 0.3) is 0 Å². The number of ketones is 1. The van der Waals surface area contributed by atoms with E-state index in [-0.39, 0.29) is 11.5 Å². The summed E-state index contributed by atoms with van der Waals surface area (Å²) in [4.78, 5) is 16.0. The number of hydrogen-bond donors (Lipinski definition) is 2. The molecule has 0 aliphatic heterocycles. The number of aromatic nitrogens is 1. The number of carbonyl (C=O) groups is 1. The highest BCUT2D eigenvalue weighted by molar-refractivity contribution is 7.91. The maximum Gasteiger partial charge on any atom is 0.236 e. The number of hydrogen-bond acceptors (Lipinski definition) is 5. The normalized spacial score (nSPS) is 11.3. The second kappa shape index (κ2) is 8.96. The molecule has 0 bridgehead atoms. The number of benzene rings is 2. The Morgan fingerprint density at radius 3 is 2.36 bits per heavy atom. The first-order chi connectivity index (χ1) is 13.5. The minimum absolute atomic E-state index is 0.127. The molecule has 7 heteroatoms. The molecule has 3 aromatic rings. The fourth-order valence-corrected chi connectivity index (χ4v) is 3.72. The number of nitrogens with zero attached hydrogens (tertiary/aromatic N) is 1. The summed E-state index contributed by atoms with van der Waals surface area (Å²) in [7, 11) is -3.58. The molecule has 28 heavy (non-hydrogen) atoms. The fourth-order valence-electron chi connectivity index (χ4n) is 2.51. The third kappa shape index (κ3) is 5.52. The number of rotatable bonds is 8. The number of allylic oxidation sites excluding steroid dienone is 1. The Labute approximate surface area is 164 Å². The van der Waals surface area contributed by atoms with E-state index in [9.17, 15) is 13.2 Å². The van der Waals surface area contributed by atoms with Crippen LogP contribution >= 0.6 is 0 Å². The maximum atomic E-state index is 12.5. The van der Waals surface area contributed by atoms with Crippen LogP contribution in [-0.2, 0) is 15.8 Å². The molecular weight excluding hydrogens is 374 g/mol. The molecule has 1 heterocycles. The average molecular weight is 393 g/mol. The molecule has 1 aromatic heterocycles. The lowest BCUT2D eigenvalue weighted by molar-refractivity contribution is 0.104. The Balaban J connectivity index is 1.69. The van der Waals surface area contributed by atoms with Gasteiger partial charge in [0.2, 0.25) is 10.0 Å². The van der Waals surface area contributed by atoms with Crippen molar-refractivity contribution in [2.45, 2.75) is 5.75 Å². The van der Waals surface area contributed by atoms with Gasteiger partial charge in [-0.05, 0) is 29.8 Å². The molecule has 2 N–H and O–H groups in total. The van der Waals surface area contributed by atoms with Crippen molar-refractivity contribution in [2.24, 2.45) is 0 Å².